The van der Waals surface area contributed by atoms with Crippen molar-refractivity contribution in [3.8, 4) is 0 Å². The summed E-state index contributed by atoms with van der Waals surface area (Å²) in [5, 5.41) is 13.8. The minimum atomic E-state index is -4.30. The maximum Gasteiger partial charge on any atom is 0.393 e. The molecule has 21 heavy (non-hydrogen) atoms. The van der Waals surface area contributed by atoms with Gasteiger partial charge in [0.2, 0.25) is 5.82 Å². The zero-order chi connectivity index (χ0) is 15.6. The molecule has 0 spiro atoms. The van der Waals surface area contributed by atoms with Crippen molar-refractivity contribution in [1.82, 2.24) is 4.98 Å². The predicted molar refractivity (Wildman–Crippen MR) is 71.4 cm³/mol. The van der Waals surface area contributed by atoms with E-state index in [4.69, 9.17) is 0 Å². The molecule has 9 heteroatoms. The van der Waals surface area contributed by atoms with E-state index in [1.807, 2.05) is 0 Å². The molecule has 0 saturated carbocycles. The third kappa shape index (κ3) is 3.34. The summed E-state index contributed by atoms with van der Waals surface area (Å²) in [6.07, 6.45) is -3.93. The van der Waals surface area contributed by atoms with E-state index in [1.54, 1.807) is 7.05 Å². The average molecular weight is 304 g/mol. The van der Waals surface area contributed by atoms with Crippen molar-refractivity contribution < 1.29 is 18.1 Å². The van der Waals surface area contributed by atoms with Gasteiger partial charge in [0.15, 0.2) is 0 Å². The molecule has 1 fully saturated rings. The zero-order valence-corrected chi connectivity index (χ0v) is 11.4. The second-order valence-electron chi connectivity index (χ2n) is 4.87. The lowest BCUT2D eigenvalue weighted by molar-refractivity contribution is -0.384. The Labute approximate surface area is 119 Å². The second-order valence-corrected chi connectivity index (χ2v) is 4.87. The molecular weight excluding hydrogens is 289 g/mol. The summed E-state index contributed by atoms with van der Waals surface area (Å²) >= 11 is 0. The molecule has 1 saturated heterocycles. The Kier molecular flexibility index (Phi) is 4.19. The van der Waals surface area contributed by atoms with Crippen LogP contribution in [0.5, 0.6) is 0 Å². The number of aromatic nitrogens is 1. The van der Waals surface area contributed by atoms with E-state index < -0.39 is 17.0 Å². The fourth-order valence-corrected chi connectivity index (χ4v) is 2.39. The third-order valence-corrected chi connectivity index (χ3v) is 3.49. The summed E-state index contributed by atoms with van der Waals surface area (Å²) in [5.41, 5.74) is -0.281. The normalized spacial score (nSPS) is 19.4. The lowest BCUT2D eigenvalue weighted by atomic mass is 9.97. The summed E-state index contributed by atoms with van der Waals surface area (Å²) < 4.78 is 38.5. The maximum absolute atomic E-state index is 12.8. The first kappa shape index (κ1) is 15.3. The Morgan fingerprint density at radius 2 is 2.19 bits per heavy atom. The van der Waals surface area contributed by atoms with Gasteiger partial charge in [-0.15, -0.1) is 0 Å². The average Bonchev–Trinajstić information content (AvgIpc) is 2.45. The van der Waals surface area contributed by atoms with Crippen LogP contribution in [-0.2, 0) is 0 Å². The number of hydrogen-bond acceptors (Lipinski definition) is 5. The standard InChI is InChI=1S/C12H15F3N4O2/c1-16-10-5-4-9(19(20)21)11(17-10)18-6-2-3-8(7-18)12(13,14)15/h4-5,8H,2-3,6-7H2,1H3,(H,16,17). The van der Waals surface area contributed by atoms with Crippen LogP contribution in [-0.4, -0.2) is 36.2 Å². The van der Waals surface area contributed by atoms with E-state index in [2.05, 4.69) is 10.3 Å². The van der Waals surface area contributed by atoms with Gasteiger partial charge in [-0.3, -0.25) is 10.1 Å². The largest absolute Gasteiger partial charge is 0.393 e. The Balaban J connectivity index is 2.33. The lowest BCUT2D eigenvalue weighted by Crippen LogP contribution is -2.42. The molecule has 116 valence electrons. The number of anilines is 2. The quantitative estimate of drug-likeness (QED) is 0.687. The molecule has 6 nitrogen and oxygen atoms in total. The molecule has 0 amide bonds. The van der Waals surface area contributed by atoms with Crippen LogP contribution in [0.25, 0.3) is 0 Å². The van der Waals surface area contributed by atoms with Gasteiger partial charge in [-0.2, -0.15) is 13.2 Å². The van der Waals surface area contributed by atoms with Crippen molar-refractivity contribution in [2.45, 2.75) is 19.0 Å². The summed E-state index contributed by atoms with van der Waals surface area (Å²) in [5.74, 6) is -1.11. The number of rotatable bonds is 3. The van der Waals surface area contributed by atoms with Gasteiger partial charge in [-0.25, -0.2) is 4.98 Å². The first-order valence-corrected chi connectivity index (χ1v) is 6.47. The molecule has 1 N–H and O–H groups in total. The minimum Gasteiger partial charge on any atom is -0.373 e. The number of halogens is 3. The first-order chi connectivity index (χ1) is 9.82. The van der Waals surface area contributed by atoms with Gasteiger partial charge in [0.05, 0.1) is 10.8 Å². The van der Waals surface area contributed by atoms with Crippen molar-refractivity contribution in [2.75, 3.05) is 30.4 Å². The number of nitrogens with zero attached hydrogens (tertiary/aromatic N) is 3. The fourth-order valence-electron chi connectivity index (χ4n) is 2.39. The van der Waals surface area contributed by atoms with E-state index in [0.29, 0.717) is 18.8 Å². The van der Waals surface area contributed by atoms with Gasteiger partial charge in [0, 0.05) is 26.2 Å². The number of alkyl halides is 3. The van der Waals surface area contributed by atoms with Gasteiger partial charge in [-0.1, -0.05) is 0 Å². The highest BCUT2D eigenvalue weighted by Crippen LogP contribution is 2.37. The van der Waals surface area contributed by atoms with Crippen LogP contribution in [0.4, 0.5) is 30.5 Å². The highest BCUT2D eigenvalue weighted by atomic mass is 19.4. The van der Waals surface area contributed by atoms with Gasteiger partial charge >= 0.3 is 11.9 Å². The topological polar surface area (TPSA) is 71.3 Å². The molecule has 1 aromatic heterocycles. The smallest absolute Gasteiger partial charge is 0.373 e. The zero-order valence-electron chi connectivity index (χ0n) is 11.4. The van der Waals surface area contributed by atoms with Gasteiger partial charge in [0.1, 0.15) is 5.82 Å². The summed E-state index contributed by atoms with van der Waals surface area (Å²) in [4.78, 5) is 15.8. The van der Waals surface area contributed by atoms with Crippen molar-refractivity contribution in [3.05, 3.63) is 22.2 Å². The minimum absolute atomic E-state index is 0.0131. The summed E-state index contributed by atoms with van der Waals surface area (Å²) in [6, 6.07) is 2.68. The molecule has 2 heterocycles. The summed E-state index contributed by atoms with van der Waals surface area (Å²) in [6.45, 7) is 0.0259. The van der Waals surface area contributed by atoms with Crippen LogP contribution in [0.1, 0.15) is 12.8 Å². The third-order valence-electron chi connectivity index (χ3n) is 3.49. The van der Waals surface area contributed by atoms with Gasteiger partial charge in [-0.05, 0) is 18.9 Å². The molecule has 1 aliphatic heterocycles. The maximum atomic E-state index is 12.8. The highest BCUT2D eigenvalue weighted by Gasteiger charge is 2.42. The van der Waals surface area contributed by atoms with Crippen LogP contribution in [0, 0.1) is 16.0 Å². The fraction of sp³-hybridized carbons (Fsp3) is 0.583. The van der Waals surface area contributed by atoms with Gasteiger partial charge in [0.25, 0.3) is 0 Å². The molecule has 1 unspecified atom stereocenters. The molecule has 2 rings (SSSR count). The molecule has 0 aliphatic carbocycles. The van der Waals surface area contributed by atoms with E-state index in [0.717, 1.165) is 0 Å². The first-order valence-electron chi connectivity index (χ1n) is 6.47. The molecule has 1 aromatic rings. The predicted octanol–water partition coefficient (Wildman–Crippen LogP) is 2.81. The number of piperidine rings is 1. The van der Waals surface area contributed by atoms with E-state index in [1.165, 1.54) is 17.0 Å². The molecule has 0 bridgehead atoms. The molecular formula is C12H15F3N4O2. The van der Waals surface area contributed by atoms with Crippen LogP contribution in [0.15, 0.2) is 12.1 Å². The van der Waals surface area contributed by atoms with E-state index >= 15 is 0 Å². The molecule has 1 aliphatic rings. The Morgan fingerprint density at radius 1 is 1.48 bits per heavy atom. The number of hydrogen-bond donors (Lipinski definition) is 1. The van der Waals surface area contributed by atoms with Crippen molar-refractivity contribution in [2.24, 2.45) is 5.92 Å². The Hall–Kier alpha value is -2.06. The molecule has 1 atom stereocenters. The van der Waals surface area contributed by atoms with Crippen molar-refractivity contribution >= 4 is 17.3 Å². The van der Waals surface area contributed by atoms with Crippen LogP contribution >= 0.6 is 0 Å². The van der Waals surface area contributed by atoms with Crippen LogP contribution < -0.4 is 10.2 Å². The SMILES string of the molecule is CNc1ccc([N+](=O)[O-])c(N2CCCC(C(F)(F)F)C2)n1. The summed E-state index contributed by atoms with van der Waals surface area (Å²) in [7, 11) is 1.59. The lowest BCUT2D eigenvalue weighted by Gasteiger charge is -2.34. The van der Waals surface area contributed by atoms with Crippen LogP contribution in [0.2, 0.25) is 0 Å². The Morgan fingerprint density at radius 3 is 2.76 bits per heavy atom. The van der Waals surface area contributed by atoms with Gasteiger partial charge < -0.3 is 10.2 Å². The molecule has 0 radical (unpaired) electrons. The van der Waals surface area contributed by atoms with Crippen molar-refractivity contribution in [1.29, 1.82) is 0 Å². The second kappa shape index (κ2) is 5.74. The number of nitro groups is 1. The highest BCUT2D eigenvalue weighted by molar-refractivity contribution is 5.62. The Bertz CT molecular complexity index is 536. The molecule has 0 aromatic carbocycles. The number of nitrogens with one attached hydrogen (secondary N) is 1. The monoisotopic (exact) mass is 304 g/mol. The van der Waals surface area contributed by atoms with Crippen molar-refractivity contribution in [3.63, 3.8) is 0 Å². The van der Waals surface area contributed by atoms with E-state index in [-0.39, 0.29) is 24.5 Å². The van der Waals surface area contributed by atoms with Crippen LogP contribution in [0.3, 0.4) is 0 Å². The number of pyridine rings is 1. The van der Waals surface area contributed by atoms with E-state index in [9.17, 15) is 23.3 Å².